The minimum atomic E-state index is -5.08. The van der Waals surface area contributed by atoms with Crippen molar-refractivity contribution >= 4 is 39.9 Å². The molecule has 10 nitrogen and oxygen atoms in total. The van der Waals surface area contributed by atoms with Crippen LogP contribution in [0.3, 0.4) is 0 Å². The molecule has 1 aliphatic rings. The van der Waals surface area contributed by atoms with Crippen LogP contribution in [0.4, 0.5) is 28.9 Å². The highest BCUT2D eigenvalue weighted by atomic mass is 19.4. The van der Waals surface area contributed by atoms with Crippen LogP contribution in [0.5, 0.6) is 0 Å². The summed E-state index contributed by atoms with van der Waals surface area (Å²) in [6, 6.07) is 5.64. The largest absolute Gasteiger partial charge is 0.490 e. The number of nitrogens with zero attached hydrogens (tertiary/aromatic N) is 5. The number of hydrogen-bond donors (Lipinski definition) is 3. The number of benzene rings is 1. The summed E-state index contributed by atoms with van der Waals surface area (Å²) in [6.45, 7) is 9.62. The Kier molecular flexibility index (Phi) is 7.91. The fourth-order valence-electron chi connectivity index (χ4n) is 4.58. The van der Waals surface area contributed by atoms with Gasteiger partial charge in [0.2, 0.25) is 0 Å². The zero-order valence-corrected chi connectivity index (χ0v) is 22.0. The Labute approximate surface area is 226 Å². The van der Waals surface area contributed by atoms with Gasteiger partial charge in [-0.3, -0.25) is 9.78 Å². The molecule has 1 aromatic carbocycles. The fourth-order valence-corrected chi connectivity index (χ4v) is 4.58. The van der Waals surface area contributed by atoms with Crippen LogP contribution in [0, 0.1) is 19.7 Å². The normalized spacial score (nSPS) is 17.4. The predicted octanol–water partition coefficient (Wildman–Crippen LogP) is 4.11. The first kappa shape index (κ1) is 28.7. The molecular weight excluding hydrogens is 534 g/mol. The monoisotopic (exact) mass is 561 g/mol. The third-order valence-electron chi connectivity index (χ3n) is 6.07. The number of imidazole rings is 1. The van der Waals surface area contributed by atoms with Crippen molar-refractivity contribution in [2.24, 2.45) is 0 Å². The second kappa shape index (κ2) is 11.0. The number of halogens is 4. The highest BCUT2D eigenvalue weighted by Crippen LogP contribution is 2.29. The molecule has 2 atom stereocenters. The van der Waals surface area contributed by atoms with Crippen molar-refractivity contribution in [3.63, 3.8) is 0 Å². The van der Waals surface area contributed by atoms with Gasteiger partial charge in [0, 0.05) is 49.8 Å². The molecule has 0 bridgehead atoms. The number of aliphatic carboxylic acids is 1. The number of anilines is 2. The molecule has 1 saturated heterocycles. The number of carbonyl (C=O) groups is 2. The van der Waals surface area contributed by atoms with Gasteiger partial charge in [-0.2, -0.15) is 13.2 Å². The molecule has 0 aliphatic carbocycles. The van der Waals surface area contributed by atoms with Gasteiger partial charge in [-0.05, 0) is 39.8 Å². The molecule has 4 heterocycles. The lowest BCUT2D eigenvalue weighted by molar-refractivity contribution is -0.192. The maximum Gasteiger partial charge on any atom is 0.490 e. The van der Waals surface area contributed by atoms with Crippen LogP contribution in [-0.2, 0) is 4.79 Å². The highest BCUT2D eigenvalue weighted by Gasteiger charge is 2.38. The first-order valence-electron chi connectivity index (χ1n) is 12.3. The van der Waals surface area contributed by atoms with Crippen LogP contribution in [0.2, 0.25) is 0 Å². The van der Waals surface area contributed by atoms with E-state index in [2.05, 4.69) is 44.3 Å². The van der Waals surface area contributed by atoms with Gasteiger partial charge in [0.05, 0.1) is 28.3 Å². The first-order chi connectivity index (χ1) is 18.7. The number of amides is 1. The number of carboxylic acids is 1. The Balaban J connectivity index is 0.000000470. The quantitative estimate of drug-likeness (QED) is 0.320. The van der Waals surface area contributed by atoms with E-state index >= 15 is 0 Å². The zero-order chi connectivity index (χ0) is 29.4. The molecule has 0 saturated carbocycles. The van der Waals surface area contributed by atoms with Crippen LogP contribution in [-0.4, -0.2) is 67.7 Å². The van der Waals surface area contributed by atoms with Gasteiger partial charge < -0.3 is 25.0 Å². The Bertz CT molecular complexity index is 1580. The van der Waals surface area contributed by atoms with E-state index in [1.54, 1.807) is 36.0 Å². The van der Waals surface area contributed by atoms with Crippen molar-refractivity contribution < 1.29 is 32.3 Å². The average Bonchev–Trinajstić information content (AvgIpc) is 3.23. The number of aromatic nitrogens is 4. The van der Waals surface area contributed by atoms with Crippen molar-refractivity contribution in [2.75, 3.05) is 23.3 Å². The van der Waals surface area contributed by atoms with Crippen molar-refractivity contribution in [2.45, 2.75) is 46.0 Å². The molecule has 14 heteroatoms. The van der Waals surface area contributed by atoms with Crippen LogP contribution >= 0.6 is 0 Å². The van der Waals surface area contributed by atoms with Gasteiger partial charge in [-0.15, -0.1) is 0 Å². The molecule has 0 radical (unpaired) electrons. The van der Waals surface area contributed by atoms with Crippen molar-refractivity contribution in [3.8, 4) is 0 Å². The highest BCUT2D eigenvalue weighted by molar-refractivity contribution is 6.13. The van der Waals surface area contributed by atoms with E-state index < -0.39 is 18.0 Å². The minimum absolute atomic E-state index is 0.223. The molecule has 5 rings (SSSR count). The van der Waals surface area contributed by atoms with Gasteiger partial charge in [0.1, 0.15) is 11.0 Å². The van der Waals surface area contributed by atoms with E-state index in [1.807, 2.05) is 13.0 Å². The lowest BCUT2D eigenvalue weighted by Crippen LogP contribution is -2.54. The molecule has 3 N–H and O–H groups in total. The van der Waals surface area contributed by atoms with Crippen LogP contribution in [0.1, 0.15) is 35.6 Å². The maximum absolute atomic E-state index is 14.5. The summed E-state index contributed by atoms with van der Waals surface area (Å²) in [7, 11) is 0. The van der Waals surface area contributed by atoms with E-state index in [0.29, 0.717) is 40.1 Å². The van der Waals surface area contributed by atoms with Crippen molar-refractivity contribution in [3.05, 3.63) is 59.6 Å². The van der Waals surface area contributed by atoms with Crippen LogP contribution in [0.15, 0.2) is 36.8 Å². The van der Waals surface area contributed by atoms with Crippen molar-refractivity contribution in [1.29, 1.82) is 0 Å². The summed E-state index contributed by atoms with van der Waals surface area (Å²) in [4.78, 5) is 37.9. The molecule has 212 valence electrons. The number of hydrogen-bond acceptors (Lipinski definition) is 7. The zero-order valence-electron chi connectivity index (χ0n) is 22.0. The summed E-state index contributed by atoms with van der Waals surface area (Å²) in [5.74, 6) is -3.63. The average molecular weight is 562 g/mol. The molecule has 0 spiro atoms. The Morgan fingerprint density at radius 1 is 1.05 bits per heavy atom. The molecule has 2 unspecified atom stereocenters. The van der Waals surface area contributed by atoms with Crippen LogP contribution in [0.25, 0.3) is 16.7 Å². The van der Waals surface area contributed by atoms with E-state index in [1.165, 1.54) is 6.07 Å². The van der Waals surface area contributed by atoms with E-state index in [0.717, 1.165) is 24.5 Å². The number of carboxylic acid groups (broad SMARTS) is 1. The second-order valence-corrected chi connectivity index (χ2v) is 9.66. The number of alkyl halides is 3. The Morgan fingerprint density at radius 2 is 1.70 bits per heavy atom. The van der Waals surface area contributed by atoms with Gasteiger partial charge in [-0.25, -0.2) is 19.2 Å². The summed E-state index contributed by atoms with van der Waals surface area (Å²) in [6.07, 6.45) is -0.0108. The van der Waals surface area contributed by atoms with Crippen LogP contribution < -0.4 is 15.5 Å². The minimum Gasteiger partial charge on any atom is -0.475 e. The fraction of sp³-hybridized carbons (Fsp3) is 0.346. The summed E-state index contributed by atoms with van der Waals surface area (Å²) in [5.41, 5.74) is 4.54. The lowest BCUT2D eigenvalue weighted by Gasteiger charge is -2.38. The number of aryl methyl sites for hydroxylation is 2. The topological polar surface area (TPSA) is 125 Å². The number of carbonyl (C=O) groups excluding carboxylic acids is 1. The molecule has 3 aromatic heterocycles. The van der Waals surface area contributed by atoms with E-state index in [-0.39, 0.29) is 11.6 Å². The number of rotatable bonds is 3. The molecular formula is C26H27F4N7O3. The number of piperazine rings is 1. The van der Waals surface area contributed by atoms with Gasteiger partial charge >= 0.3 is 12.1 Å². The third-order valence-corrected chi connectivity index (χ3v) is 6.07. The summed E-state index contributed by atoms with van der Waals surface area (Å²) < 4.78 is 47.8. The number of fused-ring (bicyclic) bond motifs is 2. The molecule has 1 amide bonds. The molecule has 4 aromatic rings. The first-order valence-corrected chi connectivity index (χ1v) is 12.3. The van der Waals surface area contributed by atoms with Crippen molar-refractivity contribution in [1.82, 2.24) is 24.7 Å². The lowest BCUT2D eigenvalue weighted by atomic mass is 10.1. The number of pyridine rings is 1. The second-order valence-electron chi connectivity index (χ2n) is 9.66. The predicted molar refractivity (Wildman–Crippen MR) is 140 cm³/mol. The SMILES string of the molecule is Cc1cnc2c(N3CC(C)NC(C)C3)ccc(C(=O)Nc3cc(F)c4nc(C)cn4c3)c2n1.O=C(O)C(F)(F)F. The summed E-state index contributed by atoms with van der Waals surface area (Å²) in [5, 5.41) is 13.5. The van der Waals surface area contributed by atoms with Gasteiger partial charge in [-0.1, -0.05) is 0 Å². The van der Waals surface area contributed by atoms with Gasteiger partial charge in [0.25, 0.3) is 5.91 Å². The summed E-state index contributed by atoms with van der Waals surface area (Å²) >= 11 is 0. The molecule has 40 heavy (non-hydrogen) atoms. The standard InChI is InChI=1S/C24H26FN7O.C2HF3O2/c1-13-8-26-22-20(31-9-14(2)27-15(3)10-31)6-5-18(21(22)28-13)24(33)30-17-7-19(25)23-29-16(4)11-32(23)12-17;3-2(4,5)1(6)7/h5-8,11-12,14-15,27H,9-10H2,1-4H3,(H,30,33);(H,6,7). The Morgan fingerprint density at radius 3 is 2.33 bits per heavy atom. The maximum atomic E-state index is 14.5. The number of nitrogens with one attached hydrogen (secondary N) is 2. The smallest absolute Gasteiger partial charge is 0.475 e. The van der Waals surface area contributed by atoms with Gasteiger partial charge in [0.15, 0.2) is 11.5 Å². The van der Waals surface area contributed by atoms with E-state index in [9.17, 15) is 22.4 Å². The van der Waals surface area contributed by atoms with E-state index in [4.69, 9.17) is 9.90 Å². The molecule has 1 aliphatic heterocycles. The molecule has 1 fully saturated rings. The Hall–Kier alpha value is -4.33. The third kappa shape index (κ3) is 6.28.